The van der Waals surface area contributed by atoms with Gasteiger partial charge in [-0.15, -0.1) is 0 Å². The van der Waals surface area contributed by atoms with Crippen LogP contribution in [0.15, 0.2) is 24.3 Å². The highest BCUT2D eigenvalue weighted by Gasteiger charge is 2.36. The number of unbranched alkanes of at least 4 members (excludes halogenated alkanes) is 22. The average molecular weight is 644 g/mol. The van der Waals surface area contributed by atoms with E-state index in [1.54, 1.807) is 0 Å². The summed E-state index contributed by atoms with van der Waals surface area (Å²) in [5.41, 5.74) is 3.09. The van der Waals surface area contributed by atoms with Gasteiger partial charge in [0.25, 0.3) is 0 Å². The summed E-state index contributed by atoms with van der Waals surface area (Å²) in [5, 5.41) is 1.92. The van der Waals surface area contributed by atoms with Crippen molar-refractivity contribution < 1.29 is 9.59 Å². The van der Waals surface area contributed by atoms with Crippen LogP contribution in [0.4, 0.5) is 0 Å². The smallest absolute Gasteiger partial charge is 0.234 e. The van der Waals surface area contributed by atoms with E-state index in [2.05, 4.69) is 55.4 Å². The van der Waals surface area contributed by atoms with Gasteiger partial charge >= 0.3 is 0 Å². The molecule has 1 amide bonds. The van der Waals surface area contributed by atoms with E-state index in [1.807, 2.05) is 5.01 Å². The molecule has 1 fully saturated rings. The van der Waals surface area contributed by atoms with Crippen molar-refractivity contribution in [1.29, 1.82) is 0 Å². The average Bonchev–Trinajstić information content (AvgIpc) is 3.47. The number of hydrogen-bond acceptors (Lipinski definition) is 4. The highest BCUT2D eigenvalue weighted by atomic mass is 16.2. The summed E-state index contributed by atoms with van der Waals surface area (Å²) in [6, 6.07) is 0. The molecule has 5 heteroatoms. The monoisotopic (exact) mass is 644 g/mol. The van der Waals surface area contributed by atoms with E-state index < -0.39 is 0 Å². The Morgan fingerprint density at radius 2 is 0.913 bits per heavy atom. The summed E-state index contributed by atoms with van der Waals surface area (Å²) >= 11 is 0. The van der Waals surface area contributed by atoms with Gasteiger partial charge in [-0.05, 0) is 70.8 Å². The van der Waals surface area contributed by atoms with Crippen molar-refractivity contribution in [2.45, 2.75) is 207 Å². The first-order chi connectivity index (χ1) is 22.6. The van der Waals surface area contributed by atoms with E-state index in [9.17, 15) is 9.59 Å². The standard InChI is InChI=1S/C41H77N3O2/c1-4-7-9-11-13-15-17-19-21-23-25-27-29-31-33-35-39(45)41-43(6-3)37-38-44(41)42-40(46)36-34-32-30-28-26-24-22-20-18-16-14-12-10-8-5-2/h19-22,41H,4-18,23-38H2,1-3H3,(H,42,46)/b21-19-,22-20-. The third kappa shape index (κ3) is 23.8. The van der Waals surface area contributed by atoms with Crippen molar-refractivity contribution in [3.05, 3.63) is 24.3 Å². The molecule has 1 heterocycles. The number of allylic oxidation sites excluding steroid dienone is 4. The molecule has 0 radical (unpaired) electrons. The Bertz CT molecular complexity index is 765. The van der Waals surface area contributed by atoms with Gasteiger partial charge in [-0.2, -0.15) is 5.01 Å². The Labute approximate surface area is 286 Å². The lowest BCUT2D eigenvalue weighted by atomic mass is 10.1. The molecule has 0 aromatic carbocycles. The summed E-state index contributed by atoms with van der Waals surface area (Å²) in [6.07, 6.45) is 43.1. The maximum absolute atomic E-state index is 13.2. The molecule has 1 aliphatic rings. The van der Waals surface area contributed by atoms with E-state index in [0.29, 0.717) is 12.8 Å². The summed E-state index contributed by atoms with van der Waals surface area (Å²) in [6.45, 7) is 9.06. The number of carbonyl (C=O) groups excluding carboxylic acids is 2. The molecule has 0 saturated carbocycles. The van der Waals surface area contributed by atoms with Crippen LogP contribution >= 0.6 is 0 Å². The Balaban J connectivity index is 2.08. The third-order valence-electron chi connectivity index (χ3n) is 9.58. The molecule has 1 unspecified atom stereocenters. The summed E-state index contributed by atoms with van der Waals surface area (Å²) < 4.78 is 0. The van der Waals surface area contributed by atoms with E-state index in [0.717, 1.165) is 45.3 Å². The molecule has 268 valence electrons. The maximum Gasteiger partial charge on any atom is 0.234 e. The number of amides is 1. The second-order valence-electron chi connectivity index (χ2n) is 13.9. The number of likely N-dealkylation sites (N-methyl/N-ethyl adjacent to an activating group) is 1. The molecular formula is C41H77N3O2. The van der Waals surface area contributed by atoms with Gasteiger partial charge in [0.15, 0.2) is 5.78 Å². The molecule has 1 aliphatic heterocycles. The molecule has 1 atom stereocenters. The largest absolute Gasteiger partial charge is 0.296 e. The van der Waals surface area contributed by atoms with Gasteiger partial charge in [-0.3, -0.25) is 19.9 Å². The molecule has 0 bridgehead atoms. The quantitative estimate of drug-likeness (QED) is 0.0571. The van der Waals surface area contributed by atoms with Crippen LogP contribution in [0, 0.1) is 0 Å². The molecule has 0 aromatic rings. The zero-order valence-electron chi connectivity index (χ0n) is 31.0. The Kier molecular flexibility index (Phi) is 29.7. The fourth-order valence-corrected chi connectivity index (χ4v) is 6.57. The topological polar surface area (TPSA) is 52.7 Å². The zero-order valence-corrected chi connectivity index (χ0v) is 31.0. The molecule has 1 rings (SSSR count). The zero-order chi connectivity index (χ0) is 33.3. The second-order valence-corrected chi connectivity index (χ2v) is 13.9. The second kappa shape index (κ2) is 32.1. The number of hydrogen-bond donors (Lipinski definition) is 1. The molecular weight excluding hydrogens is 566 g/mol. The van der Waals surface area contributed by atoms with Crippen LogP contribution in [-0.4, -0.2) is 47.4 Å². The van der Waals surface area contributed by atoms with Crippen LogP contribution in [0.25, 0.3) is 0 Å². The van der Waals surface area contributed by atoms with Crippen LogP contribution in [-0.2, 0) is 9.59 Å². The highest BCUT2D eigenvalue weighted by molar-refractivity contribution is 5.84. The number of nitrogens with zero attached hydrogens (tertiary/aromatic N) is 2. The first-order valence-corrected chi connectivity index (χ1v) is 20.3. The van der Waals surface area contributed by atoms with Gasteiger partial charge in [0.05, 0.1) is 0 Å². The fraction of sp³-hybridized carbons (Fsp3) is 0.854. The van der Waals surface area contributed by atoms with Crippen molar-refractivity contribution in [3.8, 4) is 0 Å². The van der Waals surface area contributed by atoms with Crippen LogP contribution in [0.3, 0.4) is 0 Å². The van der Waals surface area contributed by atoms with E-state index in [4.69, 9.17) is 0 Å². The van der Waals surface area contributed by atoms with Crippen LogP contribution in [0.5, 0.6) is 0 Å². The van der Waals surface area contributed by atoms with Gasteiger partial charge < -0.3 is 0 Å². The molecule has 5 nitrogen and oxygen atoms in total. The van der Waals surface area contributed by atoms with E-state index >= 15 is 0 Å². The molecule has 1 saturated heterocycles. The number of ketones is 1. The van der Waals surface area contributed by atoms with Gasteiger partial charge in [-0.25, -0.2) is 0 Å². The van der Waals surface area contributed by atoms with Gasteiger partial charge in [-0.1, -0.05) is 148 Å². The van der Waals surface area contributed by atoms with Crippen LogP contribution in [0.2, 0.25) is 0 Å². The molecule has 0 aliphatic carbocycles. The van der Waals surface area contributed by atoms with Crippen molar-refractivity contribution in [3.63, 3.8) is 0 Å². The minimum atomic E-state index is -0.292. The first-order valence-electron chi connectivity index (χ1n) is 20.3. The normalized spacial score (nSPS) is 15.9. The summed E-state index contributed by atoms with van der Waals surface area (Å²) in [7, 11) is 0. The Morgan fingerprint density at radius 1 is 0.522 bits per heavy atom. The van der Waals surface area contributed by atoms with Crippen molar-refractivity contribution in [2.75, 3.05) is 19.6 Å². The number of Topliss-reactive ketones (excluding diaryl/α,β-unsaturated/α-hetero) is 1. The lowest BCUT2D eigenvalue weighted by molar-refractivity contribution is -0.134. The van der Waals surface area contributed by atoms with Crippen molar-refractivity contribution in [1.82, 2.24) is 15.3 Å². The predicted octanol–water partition coefficient (Wildman–Crippen LogP) is 11.6. The SMILES string of the molecule is CCCCCCCC/C=C\CCCCCCCC(=O)NN1CCN(CC)C1C(=O)CCCCCCC/C=C\CCCCCCCC. The number of hydrazine groups is 1. The van der Waals surface area contributed by atoms with E-state index in [-0.39, 0.29) is 17.9 Å². The van der Waals surface area contributed by atoms with E-state index in [1.165, 1.54) is 141 Å². The number of carbonyl (C=O) groups is 2. The molecule has 0 spiro atoms. The summed E-state index contributed by atoms with van der Waals surface area (Å²) in [4.78, 5) is 28.1. The van der Waals surface area contributed by atoms with Gasteiger partial charge in [0, 0.05) is 25.9 Å². The lowest BCUT2D eigenvalue weighted by Crippen LogP contribution is -2.52. The maximum atomic E-state index is 13.2. The van der Waals surface area contributed by atoms with Crippen LogP contribution in [0.1, 0.15) is 201 Å². The highest BCUT2D eigenvalue weighted by Crippen LogP contribution is 2.18. The molecule has 1 N–H and O–H groups in total. The van der Waals surface area contributed by atoms with Gasteiger partial charge in [0.1, 0.15) is 6.17 Å². The van der Waals surface area contributed by atoms with Crippen molar-refractivity contribution in [2.24, 2.45) is 0 Å². The van der Waals surface area contributed by atoms with Gasteiger partial charge in [0.2, 0.25) is 5.91 Å². The molecule has 46 heavy (non-hydrogen) atoms. The van der Waals surface area contributed by atoms with Crippen LogP contribution < -0.4 is 5.43 Å². The number of nitrogens with one attached hydrogen (secondary N) is 1. The lowest BCUT2D eigenvalue weighted by Gasteiger charge is -2.28. The number of rotatable bonds is 33. The first kappa shape index (κ1) is 42.6. The Hall–Kier alpha value is -1.46. The molecule has 0 aromatic heterocycles. The predicted molar refractivity (Wildman–Crippen MR) is 200 cm³/mol. The summed E-state index contributed by atoms with van der Waals surface area (Å²) in [5.74, 6) is 0.327. The minimum absolute atomic E-state index is 0.0643. The van der Waals surface area contributed by atoms with Crippen molar-refractivity contribution >= 4 is 11.7 Å². The Morgan fingerprint density at radius 3 is 1.35 bits per heavy atom. The third-order valence-corrected chi connectivity index (χ3v) is 9.58. The fourth-order valence-electron chi connectivity index (χ4n) is 6.57. The minimum Gasteiger partial charge on any atom is -0.296 e.